The minimum Gasteiger partial charge on any atom is -0.466 e. The van der Waals surface area contributed by atoms with Gasteiger partial charge >= 0.3 is 5.97 Å². The largest absolute Gasteiger partial charge is 0.466 e. The minimum atomic E-state index is -0.197. The third-order valence-electron chi connectivity index (χ3n) is 5.49. The summed E-state index contributed by atoms with van der Waals surface area (Å²) in [5.74, 6) is 0.476. The van der Waals surface area contributed by atoms with E-state index in [2.05, 4.69) is 21.8 Å². The van der Waals surface area contributed by atoms with Crippen molar-refractivity contribution in [3.8, 4) is 0 Å². The second-order valence-corrected chi connectivity index (χ2v) is 8.21. The van der Waals surface area contributed by atoms with Crippen molar-refractivity contribution in [1.82, 2.24) is 9.55 Å². The normalized spacial score (nSPS) is 19.2. The number of fused-ring (bicyclic) bond motifs is 1. The number of imidazole rings is 1. The van der Waals surface area contributed by atoms with E-state index in [1.165, 1.54) is 54.5 Å². The first-order valence-corrected chi connectivity index (χ1v) is 9.97. The van der Waals surface area contributed by atoms with Gasteiger partial charge in [0.25, 0.3) is 0 Å². The van der Waals surface area contributed by atoms with Gasteiger partial charge in [-0.05, 0) is 49.3 Å². The molecule has 5 heteroatoms. The Morgan fingerprint density at radius 2 is 2.16 bits per heavy atom. The topological polar surface area (TPSA) is 44.1 Å². The van der Waals surface area contributed by atoms with Crippen LogP contribution in [0.15, 0.2) is 30.4 Å². The molecule has 2 aliphatic carbocycles. The van der Waals surface area contributed by atoms with Crippen molar-refractivity contribution >= 4 is 23.4 Å². The average Bonchev–Trinajstić information content (AvgIpc) is 3.31. The van der Waals surface area contributed by atoms with Gasteiger partial charge in [-0.2, -0.15) is 0 Å². The maximum Gasteiger partial charge on any atom is 0.333 e. The zero-order valence-electron chi connectivity index (χ0n) is 14.6. The lowest BCUT2D eigenvalue weighted by Gasteiger charge is -2.30. The van der Waals surface area contributed by atoms with E-state index in [4.69, 9.17) is 4.74 Å². The fourth-order valence-corrected chi connectivity index (χ4v) is 5.58. The monoisotopic (exact) mass is 356 g/mol. The molecule has 132 valence electrons. The van der Waals surface area contributed by atoms with Crippen LogP contribution in [0.4, 0.5) is 0 Å². The molecule has 2 aliphatic rings. The van der Waals surface area contributed by atoms with Crippen LogP contribution in [-0.4, -0.2) is 22.6 Å². The lowest BCUT2D eigenvalue weighted by Crippen LogP contribution is -2.21. The molecule has 2 aromatic heterocycles. The molecule has 1 unspecified atom stereocenters. The van der Waals surface area contributed by atoms with Crippen molar-refractivity contribution in [3.63, 3.8) is 0 Å². The number of ether oxygens (including phenoxy) is 1. The van der Waals surface area contributed by atoms with Gasteiger partial charge in [-0.25, -0.2) is 9.78 Å². The highest BCUT2D eigenvalue weighted by Crippen LogP contribution is 2.42. The van der Waals surface area contributed by atoms with Gasteiger partial charge in [0.15, 0.2) is 0 Å². The first-order chi connectivity index (χ1) is 12.3. The number of nitrogens with zero attached hydrogens (tertiary/aromatic N) is 2. The number of methoxy groups -OCH3 is 1. The number of thiophene rings is 1. The minimum absolute atomic E-state index is 0.197. The number of esters is 1. The number of carbonyl (C=O) groups excluding carboxylic acids is 1. The zero-order valence-corrected chi connectivity index (χ0v) is 15.4. The molecule has 2 heterocycles. The first-order valence-electron chi connectivity index (χ1n) is 9.15. The Bertz CT molecular complexity index is 770. The van der Waals surface area contributed by atoms with Crippen LogP contribution < -0.4 is 0 Å². The molecule has 4 rings (SSSR count). The molecule has 0 amide bonds. The van der Waals surface area contributed by atoms with E-state index in [1.807, 2.05) is 29.9 Å². The van der Waals surface area contributed by atoms with Gasteiger partial charge in [-0.1, -0.05) is 19.3 Å². The molecule has 0 aromatic carbocycles. The van der Waals surface area contributed by atoms with Crippen LogP contribution in [-0.2, 0) is 16.0 Å². The van der Waals surface area contributed by atoms with Crippen LogP contribution in [0.25, 0.3) is 6.08 Å². The lowest BCUT2D eigenvalue weighted by molar-refractivity contribution is -0.136. The first kappa shape index (κ1) is 16.6. The SMILES string of the molecule is COC(=O)C1=Cc2cc(C(C3CCCCC3)n3ccnc3)sc2CC1. The molecular weight excluding hydrogens is 332 g/mol. The van der Waals surface area contributed by atoms with Crippen molar-refractivity contribution in [2.75, 3.05) is 7.11 Å². The molecule has 1 atom stereocenters. The van der Waals surface area contributed by atoms with Crippen molar-refractivity contribution < 1.29 is 9.53 Å². The fourth-order valence-electron chi connectivity index (χ4n) is 4.23. The molecule has 0 bridgehead atoms. The van der Waals surface area contributed by atoms with Crippen molar-refractivity contribution in [3.05, 3.63) is 45.7 Å². The standard InChI is InChI=1S/C20H24N2O2S/c1-24-20(23)15-7-8-17-16(11-15)12-18(25-17)19(22-10-9-21-13-22)14-5-3-2-4-6-14/h9-14,19H,2-8H2,1H3. The molecule has 0 aliphatic heterocycles. The predicted octanol–water partition coefficient (Wildman–Crippen LogP) is 4.62. The summed E-state index contributed by atoms with van der Waals surface area (Å²) in [6.07, 6.45) is 16.2. The Morgan fingerprint density at radius 1 is 1.32 bits per heavy atom. The van der Waals surface area contributed by atoms with E-state index in [1.54, 1.807) is 0 Å². The second kappa shape index (κ2) is 7.16. The summed E-state index contributed by atoms with van der Waals surface area (Å²) in [4.78, 5) is 18.9. The Balaban J connectivity index is 1.68. The van der Waals surface area contributed by atoms with Gasteiger partial charge in [0.1, 0.15) is 0 Å². The Hall–Kier alpha value is -1.88. The van der Waals surface area contributed by atoms with E-state index in [0.29, 0.717) is 12.0 Å². The van der Waals surface area contributed by atoms with Crippen LogP contribution in [0.1, 0.15) is 59.9 Å². The van der Waals surface area contributed by atoms with Crippen LogP contribution >= 0.6 is 11.3 Å². The fraction of sp³-hybridized carbons (Fsp3) is 0.500. The predicted molar refractivity (Wildman–Crippen MR) is 99.6 cm³/mol. The second-order valence-electron chi connectivity index (χ2n) is 7.04. The molecule has 1 saturated carbocycles. The molecular formula is C20H24N2O2S. The van der Waals surface area contributed by atoms with E-state index in [0.717, 1.165) is 18.4 Å². The van der Waals surface area contributed by atoms with Crippen LogP contribution in [0.5, 0.6) is 0 Å². The Labute approximate surface area is 152 Å². The van der Waals surface area contributed by atoms with Gasteiger partial charge in [-0.15, -0.1) is 11.3 Å². The molecule has 0 N–H and O–H groups in total. The highest BCUT2D eigenvalue weighted by Gasteiger charge is 2.29. The molecule has 4 nitrogen and oxygen atoms in total. The highest BCUT2D eigenvalue weighted by atomic mass is 32.1. The van der Waals surface area contributed by atoms with Crippen molar-refractivity contribution in [2.45, 2.75) is 51.0 Å². The van der Waals surface area contributed by atoms with Gasteiger partial charge in [-0.3, -0.25) is 0 Å². The number of rotatable bonds is 4. The van der Waals surface area contributed by atoms with E-state index in [9.17, 15) is 4.79 Å². The number of hydrogen-bond acceptors (Lipinski definition) is 4. The summed E-state index contributed by atoms with van der Waals surface area (Å²) in [7, 11) is 1.45. The van der Waals surface area contributed by atoms with Gasteiger partial charge in [0.2, 0.25) is 0 Å². The molecule has 25 heavy (non-hydrogen) atoms. The number of carbonyl (C=O) groups is 1. The third-order valence-corrected chi connectivity index (χ3v) is 6.77. The summed E-state index contributed by atoms with van der Waals surface area (Å²) in [6.45, 7) is 0. The zero-order chi connectivity index (χ0) is 17.2. The van der Waals surface area contributed by atoms with E-state index in [-0.39, 0.29) is 5.97 Å². The lowest BCUT2D eigenvalue weighted by atomic mass is 9.83. The van der Waals surface area contributed by atoms with Gasteiger partial charge < -0.3 is 9.30 Å². The summed E-state index contributed by atoms with van der Waals surface area (Å²) in [6, 6.07) is 2.66. The maximum atomic E-state index is 11.9. The van der Waals surface area contributed by atoms with Crippen LogP contribution in [0.3, 0.4) is 0 Å². The quantitative estimate of drug-likeness (QED) is 0.751. The van der Waals surface area contributed by atoms with E-state index < -0.39 is 0 Å². The summed E-state index contributed by atoms with van der Waals surface area (Å²) < 4.78 is 7.17. The highest BCUT2D eigenvalue weighted by molar-refractivity contribution is 7.12. The van der Waals surface area contributed by atoms with Gasteiger partial charge in [0.05, 0.1) is 19.5 Å². The van der Waals surface area contributed by atoms with Crippen molar-refractivity contribution in [2.24, 2.45) is 5.92 Å². The summed E-state index contributed by atoms with van der Waals surface area (Å²) >= 11 is 1.91. The smallest absolute Gasteiger partial charge is 0.333 e. The molecule has 2 aromatic rings. The summed E-state index contributed by atoms with van der Waals surface area (Å²) in [5.41, 5.74) is 1.99. The number of aryl methyl sites for hydroxylation is 1. The Kier molecular flexibility index (Phi) is 4.75. The Morgan fingerprint density at radius 3 is 2.88 bits per heavy atom. The number of aromatic nitrogens is 2. The molecule has 1 fully saturated rings. The van der Waals surface area contributed by atoms with Crippen LogP contribution in [0, 0.1) is 5.92 Å². The molecule has 0 radical (unpaired) electrons. The maximum absolute atomic E-state index is 11.9. The molecule has 0 saturated heterocycles. The molecule has 0 spiro atoms. The third kappa shape index (κ3) is 3.30. The average molecular weight is 356 g/mol. The number of hydrogen-bond donors (Lipinski definition) is 0. The van der Waals surface area contributed by atoms with E-state index >= 15 is 0 Å². The van der Waals surface area contributed by atoms with Crippen LogP contribution in [0.2, 0.25) is 0 Å². The van der Waals surface area contributed by atoms with Crippen molar-refractivity contribution in [1.29, 1.82) is 0 Å². The summed E-state index contributed by atoms with van der Waals surface area (Å²) in [5, 5.41) is 0. The van der Waals surface area contributed by atoms with Gasteiger partial charge in [0, 0.05) is 27.7 Å².